The number of alkyl carbamates (subject to hydrolysis) is 2. The Morgan fingerprint density at radius 1 is 0.829 bits per heavy atom. The van der Waals surface area contributed by atoms with E-state index in [1.54, 1.807) is 20.8 Å². The van der Waals surface area contributed by atoms with Crippen LogP contribution in [0.15, 0.2) is 60.7 Å². The smallest absolute Gasteiger partial charge is 0.408 e. The van der Waals surface area contributed by atoms with Crippen LogP contribution in [0.1, 0.15) is 51.2 Å². The molecule has 0 spiro atoms. The average Bonchev–Trinajstić information content (AvgIpc) is 2.90. The molecule has 1 aliphatic carbocycles. The van der Waals surface area contributed by atoms with Crippen LogP contribution in [0.25, 0.3) is 0 Å². The van der Waals surface area contributed by atoms with Crippen LogP contribution in [0.5, 0.6) is 0 Å². The molecule has 6 N–H and O–H groups in total. The number of benzene rings is 2. The molecule has 1 fully saturated rings. The minimum Gasteiger partial charge on any atom is -0.444 e. The third-order valence-corrected chi connectivity index (χ3v) is 7.10. The lowest BCUT2D eigenvalue weighted by atomic mass is 9.81. The predicted molar refractivity (Wildman–Crippen MR) is 155 cm³/mol. The van der Waals surface area contributed by atoms with Gasteiger partial charge in [0.15, 0.2) is 0 Å². The van der Waals surface area contributed by atoms with Gasteiger partial charge in [-0.25, -0.2) is 9.59 Å². The first kappa shape index (κ1) is 32.3. The summed E-state index contributed by atoms with van der Waals surface area (Å²) in [6, 6.07) is 17.6. The molecular weight excluding hydrogens is 526 g/mol. The van der Waals surface area contributed by atoms with Crippen LogP contribution in [0.3, 0.4) is 0 Å². The van der Waals surface area contributed by atoms with Gasteiger partial charge in [-0.1, -0.05) is 60.7 Å². The van der Waals surface area contributed by atoms with Gasteiger partial charge in [0.2, 0.25) is 0 Å². The fraction of sp³-hybridized carbons (Fsp3) is 0.548. The van der Waals surface area contributed by atoms with Crippen molar-refractivity contribution in [3.8, 4) is 0 Å². The molecule has 3 rings (SSSR count). The van der Waals surface area contributed by atoms with Gasteiger partial charge in [-0.05, 0) is 64.0 Å². The number of aliphatic hydroxyl groups excluding tert-OH is 3. The Kier molecular flexibility index (Phi) is 12.0. The molecule has 4 atom stereocenters. The Morgan fingerprint density at radius 3 is 1.68 bits per heavy atom. The second-order valence-corrected chi connectivity index (χ2v) is 11.8. The minimum absolute atomic E-state index is 0.0600. The summed E-state index contributed by atoms with van der Waals surface area (Å²) in [5.74, 6) is 0. The Hall–Kier alpha value is -3.18. The maximum absolute atomic E-state index is 12.7. The largest absolute Gasteiger partial charge is 0.444 e. The quantitative estimate of drug-likeness (QED) is 0.203. The van der Waals surface area contributed by atoms with Crippen molar-refractivity contribution in [1.82, 2.24) is 16.0 Å². The standard InChI is InChI=1S/C31H45N3O7/c1-30(2,3)40-28(38)33-24(17-22-11-6-4-7-12-22)26(36)19-32-20-27(37)25(18-23-13-8-5-9-14-23)34-29(39)41-31(21-35)15-10-16-31/h4-9,11-14,24-27,32,35-37H,10,15-21H2,1-3H3,(H,33,38)(H,34,39)/t24-,25-,26+,27+/m0/s1. The van der Waals surface area contributed by atoms with E-state index in [2.05, 4.69) is 16.0 Å². The molecule has 41 heavy (non-hydrogen) atoms. The molecule has 10 heteroatoms. The fourth-order valence-corrected chi connectivity index (χ4v) is 4.67. The first-order valence-electron chi connectivity index (χ1n) is 14.2. The minimum atomic E-state index is -1.02. The molecule has 0 radical (unpaired) electrons. The first-order chi connectivity index (χ1) is 19.5. The van der Waals surface area contributed by atoms with E-state index in [4.69, 9.17) is 9.47 Å². The number of carbonyl (C=O) groups excluding carboxylic acids is 2. The highest BCUT2D eigenvalue weighted by molar-refractivity contribution is 5.69. The summed E-state index contributed by atoms with van der Waals surface area (Å²) in [4.78, 5) is 25.2. The van der Waals surface area contributed by atoms with Gasteiger partial charge in [0, 0.05) is 13.1 Å². The zero-order chi connectivity index (χ0) is 29.9. The molecule has 0 bridgehead atoms. The number of nitrogens with one attached hydrogen (secondary N) is 3. The second kappa shape index (κ2) is 15.2. The molecule has 0 aromatic heterocycles. The Labute approximate surface area is 242 Å². The van der Waals surface area contributed by atoms with Crippen LogP contribution in [-0.4, -0.2) is 82.7 Å². The topological polar surface area (TPSA) is 149 Å². The maximum atomic E-state index is 12.7. The number of ether oxygens (including phenoxy) is 2. The van der Waals surface area contributed by atoms with Gasteiger partial charge >= 0.3 is 12.2 Å². The second-order valence-electron chi connectivity index (χ2n) is 11.8. The highest BCUT2D eigenvalue weighted by atomic mass is 16.6. The number of hydrogen-bond donors (Lipinski definition) is 6. The summed E-state index contributed by atoms with van der Waals surface area (Å²) in [5, 5.41) is 40.3. The molecule has 0 saturated heterocycles. The van der Waals surface area contributed by atoms with Gasteiger partial charge in [-0.2, -0.15) is 0 Å². The third-order valence-electron chi connectivity index (χ3n) is 7.10. The highest BCUT2D eigenvalue weighted by Gasteiger charge is 2.41. The zero-order valence-electron chi connectivity index (χ0n) is 24.2. The van der Waals surface area contributed by atoms with Gasteiger partial charge < -0.3 is 40.7 Å². The third kappa shape index (κ3) is 11.0. The molecule has 2 aromatic rings. The number of rotatable bonds is 14. The average molecular weight is 572 g/mol. The van der Waals surface area contributed by atoms with Crippen LogP contribution in [0.4, 0.5) is 9.59 Å². The molecule has 2 amide bonds. The van der Waals surface area contributed by atoms with Gasteiger partial charge in [0.1, 0.15) is 11.2 Å². The van der Waals surface area contributed by atoms with Crippen molar-refractivity contribution in [1.29, 1.82) is 0 Å². The molecule has 1 aliphatic rings. The highest BCUT2D eigenvalue weighted by Crippen LogP contribution is 2.35. The maximum Gasteiger partial charge on any atom is 0.408 e. The Bertz CT molecular complexity index is 1070. The van der Waals surface area contributed by atoms with E-state index in [9.17, 15) is 24.9 Å². The van der Waals surface area contributed by atoms with Crippen LogP contribution < -0.4 is 16.0 Å². The van der Waals surface area contributed by atoms with E-state index in [1.807, 2.05) is 60.7 Å². The molecular formula is C31H45N3O7. The van der Waals surface area contributed by atoms with Crippen molar-refractivity contribution in [2.75, 3.05) is 19.7 Å². The summed E-state index contributed by atoms with van der Waals surface area (Å²) >= 11 is 0. The molecule has 0 unspecified atom stereocenters. The molecule has 10 nitrogen and oxygen atoms in total. The number of hydrogen-bond acceptors (Lipinski definition) is 8. The summed E-state index contributed by atoms with van der Waals surface area (Å²) in [5.41, 5.74) is 0.308. The van der Waals surface area contributed by atoms with Crippen LogP contribution in [0, 0.1) is 0 Å². The van der Waals surface area contributed by atoms with Gasteiger partial charge in [-0.3, -0.25) is 0 Å². The van der Waals surface area contributed by atoms with E-state index in [0.29, 0.717) is 25.7 Å². The van der Waals surface area contributed by atoms with E-state index < -0.39 is 47.7 Å². The predicted octanol–water partition coefficient (Wildman–Crippen LogP) is 2.69. The molecule has 0 heterocycles. The van der Waals surface area contributed by atoms with Crippen molar-refractivity contribution in [2.24, 2.45) is 0 Å². The first-order valence-corrected chi connectivity index (χ1v) is 14.2. The lowest BCUT2D eigenvalue weighted by Gasteiger charge is -2.39. The van der Waals surface area contributed by atoms with E-state index in [-0.39, 0.29) is 19.7 Å². The molecule has 226 valence electrons. The Morgan fingerprint density at radius 2 is 1.29 bits per heavy atom. The van der Waals surface area contributed by atoms with Crippen LogP contribution in [-0.2, 0) is 22.3 Å². The summed E-state index contributed by atoms with van der Waals surface area (Å²) < 4.78 is 10.9. The SMILES string of the molecule is CC(C)(C)OC(=O)N[C@@H](Cc1ccccc1)[C@H](O)CNC[C@@H](O)[C@H](Cc1ccccc1)NC(=O)OC1(CO)CCC1. The lowest BCUT2D eigenvalue weighted by molar-refractivity contribution is -0.0838. The normalized spacial score (nSPS) is 17.3. The Balaban J connectivity index is 1.60. The fourth-order valence-electron chi connectivity index (χ4n) is 4.67. The van der Waals surface area contributed by atoms with Crippen molar-refractivity contribution in [3.63, 3.8) is 0 Å². The summed E-state index contributed by atoms with van der Waals surface area (Å²) in [7, 11) is 0. The van der Waals surface area contributed by atoms with Crippen molar-refractivity contribution in [3.05, 3.63) is 71.8 Å². The number of amides is 2. The molecule has 0 aliphatic heterocycles. The summed E-state index contributed by atoms with van der Waals surface area (Å²) in [6.07, 6.45) is -0.529. The number of aliphatic hydroxyl groups is 3. The van der Waals surface area contributed by atoms with Gasteiger partial charge in [-0.15, -0.1) is 0 Å². The lowest BCUT2D eigenvalue weighted by Crippen LogP contribution is -2.54. The monoisotopic (exact) mass is 571 g/mol. The number of carbonyl (C=O) groups is 2. The van der Waals surface area contributed by atoms with Crippen molar-refractivity contribution >= 4 is 12.2 Å². The van der Waals surface area contributed by atoms with Crippen LogP contribution in [0.2, 0.25) is 0 Å². The van der Waals surface area contributed by atoms with Crippen molar-refractivity contribution in [2.45, 2.75) is 88.4 Å². The molecule has 2 aromatic carbocycles. The van der Waals surface area contributed by atoms with E-state index >= 15 is 0 Å². The zero-order valence-corrected chi connectivity index (χ0v) is 24.2. The molecule has 1 saturated carbocycles. The van der Waals surface area contributed by atoms with Gasteiger partial charge in [0.25, 0.3) is 0 Å². The van der Waals surface area contributed by atoms with E-state index in [0.717, 1.165) is 17.5 Å². The van der Waals surface area contributed by atoms with Gasteiger partial charge in [0.05, 0.1) is 30.9 Å². The van der Waals surface area contributed by atoms with Crippen molar-refractivity contribution < 1.29 is 34.4 Å². The summed E-state index contributed by atoms with van der Waals surface area (Å²) in [6.45, 7) is 5.19. The van der Waals surface area contributed by atoms with E-state index in [1.165, 1.54) is 0 Å². The van der Waals surface area contributed by atoms with Crippen LogP contribution >= 0.6 is 0 Å².